The molecule has 2 N–H and O–H groups in total. The summed E-state index contributed by atoms with van der Waals surface area (Å²) in [5, 5.41) is 12.3. The number of aromatic nitrogens is 2. The zero-order valence-corrected chi connectivity index (χ0v) is 19.3. The Morgan fingerprint density at radius 3 is 2.42 bits per heavy atom. The van der Waals surface area contributed by atoms with Crippen molar-refractivity contribution in [3.05, 3.63) is 87.6 Å². The average Bonchev–Trinajstić information content (AvgIpc) is 2.76. The molecule has 1 amide bonds. The monoisotopic (exact) mass is 447 g/mol. The molecule has 3 aromatic rings. The van der Waals surface area contributed by atoms with Crippen molar-refractivity contribution in [3.63, 3.8) is 0 Å². The van der Waals surface area contributed by atoms with E-state index in [0.717, 1.165) is 27.8 Å². The van der Waals surface area contributed by atoms with Gasteiger partial charge < -0.3 is 15.0 Å². The molecule has 1 aromatic carbocycles. The first-order valence-corrected chi connectivity index (χ1v) is 10.9. The second-order valence-electron chi connectivity index (χ2n) is 8.31. The van der Waals surface area contributed by atoms with Gasteiger partial charge in [-0.15, -0.1) is 0 Å². The Kier molecular flexibility index (Phi) is 7.43. The van der Waals surface area contributed by atoms with Crippen molar-refractivity contribution >= 4 is 11.9 Å². The lowest BCUT2D eigenvalue weighted by molar-refractivity contribution is -0.137. The number of benzene rings is 1. The van der Waals surface area contributed by atoms with E-state index in [0.29, 0.717) is 12.0 Å². The Hall–Kier alpha value is -3.74. The molecule has 0 aliphatic carbocycles. The Balaban J connectivity index is 1.96. The zero-order valence-electron chi connectivity index (χ0n) is 19.3. The predicted molar refractivity (Wildman–Crippen MR) is 127 cm³/mol. The second-order valence-corrected chi connectivity index (χ2v) is 8.31. The summed E-state index contributed by atoms with van der Waals surface area (Å²) in [7, 11) is 0. The van der Waals surface area contributed by atoms with Crippen LogP contribution in [0.25, 0.3) is 11.1 Å². The minimum Gasteiger partial charge on any atom is -0.481 e. The van der Waals surface area contributed by atoms with Gasteiger partial charge in [0.1, 0.15) is 6.04 Å². The van der Waals surface area contributed by atoms with E-state index < -0.39 is 24.0 Å². The van der Waals surface area contributed by atoms with Gasteiger partial charge in [-0.05, 0) is 61.1 Å². The molecular weight excluding hydrogens is 418 g/mol. The molecule has 0 bridgehead atoms. The number of hydrogen-bond acceptors (Lipinski definition) is 4. The largest absolute Gasteiger partial charge is 0.481 e. The molecular formula is C26H29N3O4. The number of carbonyl (C=O) groups is 2. The van der Waals surface area contributed by atoms with Crippen LogP contribution in [0, 0.1) is 20.8 Å². The van der Waals surface area contributed by atoms with Gasteiger partial charge in [0.25, 0.3) is 5.56 Å². The average molecular weight is 448 g/mol. The number of pyridine rings is 2. The normalized spacial score (nSPS) is 12.7. The molecule has 7 heteroatoms. The van der Waals surface area contributed by atoms with Crippen LogP contribution in [0.15, 0.2) is 59.8 Å². The van der Waals surface area contributed by atoms with Gasteiger partial charge in [0.2, 0.25) is 5.91 Å². The highest BCUT2D eigenvalue weighted by Crippen LogP contribution is 2.29. The van der Waals surface area contributed by atoms with Gasteiger partial charge in [0, 0.05) is 30.2 Å². The predicted octanol–water partition coefficient (Wildman–Crippen LogP) is 4.12. The summed E-state index contributed by atoms with van der Waals surface area (Å²) in [4.78, 5) is 41.5. The highest BCUT2D eigenvalue weighted by atomic mass is 16.4. The Morgan fingerprint density at radius 2 is 1.79 bits per heavy atom. The number of carbonyl (C=O) groups excluding carboxylic acids is 1. The van der Waals surface area contributed by atoms with Gasteiger partial charge in [0.15, 0.2) is 0 Å². The standard InChI is InChI=1S/C26H29N3O4/c1-5-22(29-15-16(2)9-10-23(29)30)26(33)28-21(12-24(31)32)19-11-20(14-27-13-19)25-17(3)7-6-8-18(25)4/h6-11,13-15,21-22H,5,12H2,1-4H3,(H,28,33)(H,31,32)/t21-,22+/m0/s1. The van der Waals surface area contributed by atoms with Gasteiger partial charge in [-0.1, -0.05) is 31.2 Å². The van der Waals surface area contributed by atoms with E-state index in [4.69, 9.17) is 0 Å². The number of nitrogens with one attached hydrogen (secondary N) is 1. The van der Waals surface area contributed by atoms with Crippen LogP contribution in [-0.4, -0.2) is 26.5 Å². The molecule has 3 rings (SSSR count). The fourth-order valence-electron chi connectivity index (χ4n) is 4.12. The van der Waals surface area contributed by atoms with E-state index in [-0.39, 0.29) is 12.0 Å². The van der Waals surface area contributed by atoms with Crippen molar-refractivity contribution < 1.29 is 14.7 Å². The number of nitrogens with zero attached hydrogens (tertiary/aromatic N) is 2. The molecule has 2 atom stereocenters. The molecule has 0 saturated carbocycles. The summed E-state index contributed by atoms with van der Waals surface area (Å²) >= 11 is 0. The number of carboxylic acid groups (broad SMARTS) is 1. The summed E-state index contributed by atoms with van der Waals surface area (Å²) in [6.07, 6.45) is 5.04. The number of aliphatic carboxylic acids is 1. The molecule has 0 saturated heterocycles. The summed E-state index contributed by atoms with van der Waals surface area (Å²) in [5.41, 5.74) is 5.22. The number of carboxylic acids is 1. The lowest BCUT2D eigenvalue weighted by atomic mass is 9.94. The van der Waals surface area contributed by atoms with Crippen LogP contribution < -0.4 is 10.9 Å². The highest BCUT2D eigenvalue weighted by molar-refractivity contribution is 5.81. The van der Waals surface area contributed by atoms with Crippen LogP contribution in [0.3, 0.4) is 0 Å². The van der Waals surface area contributed by atoms with E-state index in [1.165, 1.54) is 10.6 Å². The summed E-state index contributed by atoms with van der Waals surface area (Å²) < 4.78 is 1.40. The van der Waals surface area contributed by atoms with Gasteiger partial charge in [-0.3, -0.25) is 19.4 Å². The van der Waals surface area contributed by atoms with Crippen LogP contribution >= 0.6 is 0 Å². The van der Waals surface area contributed by atoms with Crippen LogP contribution in [0.2, 0.25) is 0 Å². The fourth-order valence-corrected chi connectivity index (χ4v) is 4.12. The summed E-state index contributed by atoms with van der Waals surface area (Å²) in [6.45, 7) is 7.68. The van der Waals surface area contributed by atoms with E-state index in [1.54, 1.807) is 24.7 Å². The van der Waals surface area contributed by atoms with Crippen molar-refractivity contribution in [3.8, 4) is 11.1 Å². The molecule has 2 aromatic heterocycles. The third-order valence-corrected chi connectivity index (χ3v) is 5.74. The fraction of sp³-hybridized carbons (Fsp3) is 0.308. The first-order chi connectivity index (χ1) is 15.7. The number of rotatable bonds is 8. The Morgan fingerprint density at radius 1 is 1.09 bits per heavy atom. The van der Waals surface area contributed by atoms with E-state index in [2.05, 4.69) is 10.3 Å². The van der Waals surface area contributed by atoms with Gasteiger partial charge in [-0.2, -0.15) is 0 Å². The molecule has 0 fully saturated rings. The van der Waals surface area contributed by atoms with Gasteiger partial charge in [-0.25, -0.2) is 0 Å². The first-order valence-electron chi connectivity index (χ1n) is 10.9. The lowest BCUT2D eigenvalue weighted by Gasteiger charge is -2.23. The Labute approximate surface area is 193 Å². The van der Waals surface area contributed by atoms with Crippen molar-refractivity contribution in [2.45, 2.75) is 52.6 Å². The van der Waals surface area contributed by atoms with E-state index in [9.17, 15) is 19.5 Å². The maximum Gasteiger partial charge on any atom is 0.305 e. The molecule has 7 nitrogen and oxygen atoms in total. The number of aryl methyl sites for hydroxylation is 3. The Bertz CT molecular complexity index is 1210. The summed E-state index contributed by atoms with van der Waals surface area (Å²) in [5.74, 6) is -1.45. The second kappa shape index (κ2) is 10.3. The maximum atomic E-state index is 13.2. The van der Waals surface area contributed by atoms with Gasteiger partial charge >= 0.3 is 5.97 Å². The molecule has 0 radical (unpaired) electrons. The SMILES string of the molecule is CC[C@H](C(=O)N[C@@H](CC(=O)O)c1cncc(-c2c(C)cccc2C)c1)n1cc(C)ccc1=O. The zero-order chi connectivity index (χ0) is 24.1. The third kappa shape index (κ3) is 5.55. The molecule has 0 aliphatic heterocycles. The van der Waals surface area contributed by atoms with Gasteiger partial charge in [0.05, 0.1) is 12.5 Å². The van der Waals surface area contributed by atoms with E-state index in [1.807, 2.05) is 52.0 Å². The molecule has 0 spiro atoms. The van der Waals surface area contributed by atoms with Crippen molar-refractivity contribution in [1.29, 1.82) is 0 Å². The molecule has 2 heterocycles. The molecule has 33 heavy (non-hydrogen) atoms. The lowest BCUT2D eigenvalue weighted by Crippen LogP contribution is -2.39. The quantitative estimate of drug-likeness (QED) is 0.541. The summed E-state index contributed by atoms with van der Waals surface area (Å²) in [6, 6.07) is 9.46. The topological polar surface area (TPSA) is 101 Å². The minimum absolute atomic E-state index is 0.281. The maximum absolute atomic E-state index is 13.2. The molecule has 0 aliphatic rings. The minimum atomic E-state index is -1.04. The third-order valence-electron chi connectivity index (χ3n) is 5.74. The number of hydrogen-bond donors (Lipinski definition) is 2. The van der Waals surface area contributed by atoms with Crippen molar-refractivity contribution in [2.75, 3.05) is 0 Å². The van der Waals surface area contributed by atoms with Crippen LogP contribution in [0.5, 0.6) is 0 Å². The highest BCUT2D eigenvalue weighted by Gasteiger charge is 2.25. The van der Waals surface area contributed by atoms with E-state index >= 15 is 0 Å². The van der Waals surface area contributed by atoms with Crippen LogP contribution in [-0.2, 0) is 9.59 Å². The first kappa shape index (κ1) is 23.9. The molecule has 172 valence electrons. The number of amides is 1. The molecule has 0 unspecified atom stereocenters. The van der Waals surface area contributed by atoms with Crippen LogP contribution in [0.1, 0.15) is 54.1 Å². The van der Waals surface area contributed by atoms with Crippen LogP contribution in [0.4, 0.5) is 0 Å². The van der Waals surface area contributed by atoms with Crippen molar-refractivity contribution in [2.24, 2.45) is 0 Å². The smallest absolute Gasteiger partial charge is 0.305 e. The van der Waals surface area contributed by atoms with Crippen molar-refractivity contribution in [1.82, 2.24) is 14.9 Å².